The third-order valence-corrected chi connectivity index (χ3v) is 1.73. The second-order valence-corrected chi connectivity index (χ2v) is 2.51. The maximum Gasteiger partial charge on any atom is 0.115 e. The molecule has 0 amide bonds. The van der Waals surface area contributed by atoms with Gasteiger partial charge in [0.2, 0.25) is 0 Å². The Kier molecular flexibility index (Phi) is 4.03. The van der Waals surface area contributed by atoms with Gasteiger partial charge in [0.1, 0.15) is 11.0 Å². The van der Waals surface area contributed by atoms with Crippen LogP contribution in [0.5, 0.6) is 0 Å². The van der Waals surface area contributed by atoms with Crippen molar-refractivity contribution in [3.8, 4) is 0 Å². The molecular weight excluding hydrogens is 126 g/mol. The van der Waals surface area contributed by atoms with Crippen LogP contribution < -0.4 is 0 Å². The Balaban J connectivity index is 3.52. The minimum absolute atomic E-state index is 0.652. The molecule has 0 aromatic heterocycles. The Morgan fingerprint density at radius 1 is 1.75 bits per heavy atom. The van der Waals surface area contributed by atoms with E-state index in [9.17, 15) is 4.21 Å². The molecule has 8 heavy (non-hydrogen) atoms. The number of hydrogen-bond donors (Lipinski definition) is 0. The van der Waals surface area contributed by atoms with Crippen LogP contribution in [0.15, 0.2) is 0 Å². The minimum atomic E-state index is -0.992. The lowest BCUT2D eigenvalue weighted by atomic mass is 10.8. The molecule has 0 aliphatic heterocycles. The van der Waals surface area contributed by atoms with Crippen LogP contribution in [-0.2, 0) is 15.8 Å². The Morgan fingerprint density at radius 3 is 2.25 bits per heavy atom. The standard InChI is InChI=1S/C4H11NO2S/c1-4-5(7-2)8(3)6/h4H2,1-3H3. The quantitative estimate of drug-likeness (QED) is 0.519. The molecular formula is C4H11NO2S. The van der Waals surface area contributed by atoms with Gasteiger partial charge in [0.05, 0.1) is 7.11 Å². The smallest absolute Gasteiger partial charge is 0.115 e. The molecule has 0 saturated carbocycles. The zero-order valence-electron chi connectivity index (χ0n) is 5.38. The molecule has 1 atom stereocenters. The molecule has 0 aromatic carbocycles. The van der Waals surface area contributed by atoms with Crippen molar-refractivity contribution in [3.63, 3.8) is 0 Å². The number of hydroxylamine groups is 1. The summed E-state index contributed by atoms with van der Waals surface area (Å²) in [4.78, 5) is 4.69. The minimum Gasteiger partial charge on any atom is -0.290 e. The Morgan fingerprint density at radius 2 is 2.25 bits per heavy atom. The number of hydrogen-bond acceptors (Lipinski definition) is 2. The number of nitrogens with zero attached hydrogens (tertiary/aromatic N) is 1. The zero-order valence-corrected chi connectivity index (χ0v) is 6.20. The molecule has 0 rings (SSSR count). The predicted octanol–water partition coefficient (Wildman–Crippen LogP) is 0.163. The van der Waals surface area contributed by atoms with Gasteiger partial charge in [-0.15, -0.1) is 4.47 Å². The third kappa shape index (κ3) is 2.40. The number of rotatable bonds is 3. The topological polar surface area (TPSA) is 29.5 Å². The Bertz CT molecular complexity index is 82.1. The van der Waals surface area contributed by atoms with E-state index in [1.54, 1.807) is 6.26 Å². The van der Waals surface area contributed by atoms with Crippen molar-refractivity contribution in [2.45, 2.75) is 6.92 Å². The van der Waals surface area contributed by atoms with E-state index in [0.29, 0.717) is 6.54 Å². The summed E-state index contributed by atoms with van der Waals surface area (Å²) in [6, 6.07) is 0. The van der Waals surface area contributed by atoms with E-state index in [4.69, 9.17) is 4.84 Å². The van der Waals surface area contributed by atoms with Gasteiger partial charge in [0, 0.05) is 12.8 Å². The highest BCUT2D eigenvalue weighted by Gasteiger charge is 2.00. The summed E-state index contributed by atoms with van der Waals surface area (Å²) >= 11 is 0. The van der Waals surface area contributed by atoms with Gasteiger partial charge >= 0.3 is 0 Å². The maximum atomic E-state index is 10.5. The molecule has 0 N–H and O–H groups in total. The third-order valence-electron chi connectivity index (χ3n) is 0.749. The van der Waals surface area contributed by atoms with E-state index < -0.39 is 11.0 Å². The second-order valence-electron chi connectivity index (χ2n) is 1.26. The van der Waals surface area contributed by atoms with E-state index in [0.717, 1.165) is 0 Å². The molecule has 0 fully saturated rings. The molecule has 0 aliphatic carbocycles. The predicted molar refractivity (Wildman–Crippen MR) is 33.5 cm³/mol. The van der Waals surface area contributed by atoms with Crippen molar-refractivity contribution in [3.05, 3.63) is 0 Å². The average Bonchev–Trinajstić information content (AvgIpc) is 1.69. The summed E-state index contributed by atoms with van der Waals surface area (Å²) in [7, 11) is 0.513. The van der Waals surface area contributed by atoms with Crippen molar-refractivity contribution < 1.29 is 9.05 Å². The fraction of sp³-hybridized carbons (Fsp3) is 1.00. The molecule has 0 aliphatic rings. The van der Waals surface area contributed by atoms with Crippen LogP contribution >= 0.6 is 0 Å². The van der Waals surface area contributed by atoms with Crippen molar-refractivity contribution in [1.82, 2.24) is 4.47 Å². The fourth-order valence-corrected chi connectivity index (χ4v) is 0.989. The molecule has 0 heterocycles. The van der Waals surface area contributed by atoms with E-state index in [-0.39, 0.29) is 0 Å². The largest absolute Gasteiger partial charge is 0.290 e. The van der Waals surface area contributed by atoms with Crippen LogP contribution in [0.3, 0.4) is 0 Å². The summed E-state index contributed by atoms with van der Waals surface area (Å²) in [5.74, 6) is 0. The van der Waals surface area contributed by atoms with E-state index in [2.05, 4.69) is 0 Å². The molecule has 4 heteroatoms. The van der Waals surface area contributed by atoms with Crippen molar-refractivity contribution >= 4 is 11.0 Å². The average molecular weight is 137 g/mol. The molecule has 0 spiro atoms. The lowest BCUT2D eigenvalue weighted by Crippen LogP contribution is -2.23. The summed E-state index contributed by atoms with van der Waals surface area (Å²) in [6.07, 6.45) is 1.58. The highest BCUT2D eigenvalue weighted by molar-refractivity contribution is 7.81. The molecule has 1 unspecified atom stereocenters. The van der Waals surface area contributed by atoms with Crippen molar-refractivity contribution in [2.24, 2.45) is 0 Å². The highest BCUT2D eigenvalue weighted by atomic mass is 32.2. The van der Waals surface area contributed by atoms with Gasteiger partial charge in [0.15, 0.2) is 0 Å². The SMILES string of the molecule is CCN(OC)S(C)=O. The van der Waals surface area contributed by atoms with Crippen LogP contribution in [0.1, 0.15) is 6.92 Å². The molecule has 0 bridgehead atoms. The lowest BCUT2D eigenvalue weighted by Gasteiger charge is -2.11. The summed E-state index contributed by atoms with van der Waals surface area (Å²) in [5.41, 5.74) is 0. The molecule has 3 nitrogen and oxygen atoms in total. The van der Waals surface area contributed by atoms with Gasteiger partial charge < -0.3 is 0 Å². The first-order chi connectivity index (χ1) is 3.72. The highest BCUT2D eigenvalue weighted by Crippen LogP contribution is 1.88. The Labute approximate surface area is 52.2 Å². The van der Waals surface area contributed by atoms with Crippen LogP contribution in [-0.4, -0.2) is 28.6 Å². The van der Waals surface area contributed by atoms with E-state index in [1.807, 2.05) is 6.92 Å². The first kappa shape index (κ1) is 8.07. The van der Waals surface area contributed by atoms with Crippen LogP contribution in [0.25, 0.3) is 0 Å². The normalized spacial score (nSPS) is 14.5. The molecule has 0 aromatic rings. The van der Waals surface area contributed by atoms with Crippen LogP contribution in [0.2, 0.25) is 0 Å². The fourth-order valence-electron chi connectivity index (χ4n) is 0.416. The summed E-state index contributed by atoms with van der Waals surface area (Å²) < 4.78 is 11.9. The van der Waals surface area contributed by atoms with E-state index in [1.165, 1.54) is 11.6 Å². The van der Waals surface area contributed by atoms with Crippen molar-refractivity contribution in [2.75, 3.05) is 19.9 Å². The zero-order chi connectivity index (χ0) is 6.57. The van der Waals surface area contributed by atoms with Gasteiger partial charge in [-0.05, 0) is 6.92 Å². The summed E-state index contributed by atoms with van der Waals surface area (Å²) in [6.45, 7) is 2.53. The van der Waals surface area contributed by atoms with Gasteiger partial charge in [0.25, 0.3) is 0 Å². The Hall–Kier alpha value is 0.0700. The van der Waals surface area contributed by atoms with E-state index >= 15 is 0 Å². The molecule has 50 valence electrons. The lowest BCUT2D eigenvalue weighted by molar-refractivity contribution is -0.0384. The van der Waals surface area contributed by atoms with Gasteiger partial charge in [-0.2, -0.15) is 0 Å². The summed E-state index contributed by atoms with van der Waals surface area (Å²) in [5, 5.41) is 0. The molecule has 0 radical (unpaired) electrons. The van der Waals surface area contributed by atoms with Crippen molar-refractivity contribution in [1.29, 1.82) is 0 Å². The van der Waals surface area contributed by atoms with Gasteiger partial charge in [-0.25, -0.2) is 4.21 Å². The molecule has 0 saturated heterocycles. The van der Waals surface area contributed by atoms with Crippen LogP contribution in [0, 0.1) is 0 Å². The monoisotopic (exact) mass is 137 g/mol. The van der Waals surface area contributed by atoms with Gasteiger partial charge in [-0.3, -0.25) is 4.84 Å². The maximum absolute atomic E-state index is 10.5. The van der Waals surface area contributed by atoms with Crippen LogP contribution in [0.4, 0.5) is 0 Å². The first-order valence-corrected chi connectivity index (χ1v) is 3.89. The second kappa shape index (κ2) is 4.00. The van der Waals surface area contributed by atoms with Gasteiger partial charge in [-0.1, -0.05) is 0 Å². The first-order valence-electron chi connectivity index (χ1n) is 2.37.